The number of aliphatic hydroxyl groups excluding tert-OH is 1. The van der Waals surface area contributed by atoms with Crippen molar-refractivity contribution >= 4 is 6.09 Å². The van der Waals surface area contributed by atoms with Crippen molar-refractivity contribution in [2.24, 2.45) is 0 Å². The second kappa shape index (κ2) is 5.07. The Kier molecular flexibility index (Phi) is 4.77. The maximum atomic E-state index is 11.1. The number of hydrogen-bond donors (Lipinski definition) is 2. The van der Waals surface area contributed by atoms with Crippen molar-refractivity contribution < 1.29 is 14.6 Å². The monoisotopic (exact) mass is 189 g/mol. The molecule has 13 heavy (non-hydrogen) atoms. The highest BCUT2D eigenvalue weighted by atomic mass is 16.6. The molecule has 0 spiro atoms. The Labute approximate surface area is 79.3 Å². The van der Waals surface area contributed by atoms with Crippen molar-refractivity contribution in [1.29, 1.82) is 0 Å². The molecule has 0 saturated carbocycles. The molecule has 1 amide bonds. The van der Waals surface area contributed by atoms with Gasteiger partial charge in [-0.05, 0) is 27.2 Å². The second-order valence-corrected chi connectivity index (χ2v) is 3.93. The topological polar surface area (TPSA) is 58.6 Å². The van der Waals surface area contributed by atoms with Crippen molar-refractivity contribution in [3.8, 4) is 0 Å². The van der Waals surface area contributed by atoms with Gasteiger partial charge in [-0.15, -0.1) is 0 Å². The molecule has 0 rings (SSSR count). The zero-order valence-corrected chi connectivity index (χ0v) is 8.76. The fraction of sp³-hybridized carbons (Fsp3) is 0.889. The molecular formula is C9H19NO3. The zero-order valence-electron chi connectivity index (χ0n) is 8.76. The molecule has 0 aromatic rings. The summed E-state index contributed by atoms with van der Waals surface area (Å²) >= 11 is 0. The van der Waals surface area contributed by atoms with E-state index in [1.165, 1.54) is 0 Å². The van der Waals surface area contributed by atoms with Gasteiger partial charge >= 0.3 is 6.09 Å². The maximum absolute atomic E-state index is 11.1. The standard InChI is InChI=1S/C9H19NO3/c1-5-7(6-11)10-8(12)13-9(2,3)4/h7,11H,5-6H2,1-4H3,(H,10,12)/t7-/m1/s1. The molecule has 0 aliphatic carbocycles. The fourth-order valence-corrected chi connectivity index (χ4v) is 0.751. The van der Waals surface area contributed by atoms with E-state index in [1.807, 2.05) is 6.92 Å². The molecule has 0 aliphatic rings. The van der Waals surface area contributed by atoms with E-state index < -0.39 is 11.7 Å². The van der Waals surface area contributed by atoms with Crippen LogP contribution in [0.2, 0.25) is 0 Å². The number of hydrogen-bond acceptors (Lipinski definition) is 3. The molecule has 0 radical (unpaired) electrons. The molecule has 1 atom stereocenters. The molecule has 0 bridgehead atoms. The van der Waals surface area contributed by atoms with Crippen LogP contribution in [-0.4, -0.2) is 29.4 Å². The Balaban J connectivity index is 3.86. The number of alkyl carbamates (subject to hydrolysis) is 1. The van der Waals surface area contributed by atoms with E-state index >= 15 is 0 Å². The van der Waals surface area contributed by atoms with Crippen LogP contribution in [-0.2, 0) is 4.74 Å². The second-order valence-electron chi connectivity index (χ2n) is 3.93. The SMILES string of the molecule is CC[C@H](CO)NC(=O)OC(C)(C)C. The van der Waals surface area contributed by atoms with Gasteiger partial charge in [0.05, 0.1) is 12.6 Å². The molecule has 2 N–H and O–H groups in total. The fourth-order valence-electron chi connectivity index (χ4n) is 0.751. The van der Waals surface area contributed by atoms with Gasteiger partial charge in [0.15, 0.2) is 0 Å². The van der Waals surface area contributed by atoms with Crippen molar-refractivity contribution in [2.45, 2.75) is 45.8 Å². The van der Waals surface area contributed by atoms with Crippen LogP contribution in [0.5, 0.6) is 0 Å². The molecule has 0 saturated heterocycles. The zero-order chi connectivity index (χ0) is 10.5. The Morgan fingerprint density at radius 3 is 2.38 bits per heavy atom. The molecule has 4 nitrogen and oxygen atoms in total. The third-order valence-corrected chi connectivity index (χ3v) is 1.43. The van der Waals surface area contributed by atoms with Crippen LogP contribution in [0.1, 0.15) is 34.1 Å². The van der Waals surface area contributed by atoms with Crippen LogP contribution in [0.25, 0.3) is 0 Å². The largest absolute Gasteiger partial charge is 0.444 e. The summed E-state index contributed by atoms with van der Waals surface area (Å²) in [6, 6.07) is -0.213. The Hall–Kier alpha value is -0.770. The number of ether oxygens (including phenoxy) is 1. The predicted molar refractivity (Wildman–Crippen MR) is 50.5 cm³/mol. The molecule has 0 aliphatic heterocycles. The van der Waals surface area contributed by atoms with Gasteiger partial charge in [-0.1, -0.05) is 6.92 Å². The summed E-state index contributed by atoms with van der Waals surface area (Å²) in [4.78, 5) is 11.1. The van der Waals surface area contributed by atoms with Crippen molar-refractivity contribution in [1.82, 2.24) is 5.32 Å². The first-order valence-electron chi connectivity index (χ1n) is 4.49. The van der Waals surface area contributed by atoms with Gasteiger partial charge in [0.25, 0.3) is 0 Å². The smallest absolute Gasteiger partial charge is 0.407 e. The summed E-state index contributed by atoms with van der Waals surface area (Å²) < 4.78 is 5.01. The summed E-state index contributed by atoms with van der Waals surface area (Å²) in [7, 11) is 0. The summed E-state index contributed by atoms with van der Waals surface area (Å²) in [6.07, 6.45) is 0.212. The summed E-state index contributed by atoms with van der Waals surface area (Å²) in [5.74, 6) is 0. The van der Waals surface area contributed by atoms with E-state index in [4.69, 9.17) is 9.84 Å². The molecule has 0 fully saturated rings. The molecule has 0 heterocycles. The summed E-state index contributed by atoms with van der Waals surface area (Å²) in [5.41, 5.74) is -0.488. The van der Waals surface area contributed by atoms with Gasteiger partial charge in [0.2, 0.25) is 0 Å². The Morgan fingerprint density at radius 1 is 1.54 bits per heavy atom. The number of amides is 1. The van der Waals surface area contributed by atoms with Crippen LogP contribution in [0.3, 0.4) is 0 Å². The predicted octanol–water partition coefficient (Wildman–Crippen LogP) is 1.28. The minimum atomic E-state index is -0.488. The summed E-state index contributed by atoms with van der Waals surface area (Å²) in [5, 5.41) is 11.4. The average Bonchev–Trinajstić information content (AvgIpc) is 1.96. The lowest BCUT2D eigenvalue weighted by molar-refractivity contribution is 0.0481. The van der Waals surface area contributed by atoms with Gasteiger partial charge in [0.1, 0.15) is 5.60 Å². The van der Waals surface area contributed by atoms with Gasteiger partial charge in [0, 0.05) is 0 Å². The highest BCUT2D eigenvalue weighted by Gasteiger charge is 2.17. The van der Waals surface area contributed by atoms with Crippen molar-refractivity contribution in [3.63, 3.8) is 0 Å². The first-order chi connectivity index (χ1) is 5.89. The lowest BCUT2D eigenvalue weighted by Crippen LogP contribution is -2.40. The third-order valence-electron chi connectivity index (χ3n) is 1.43. The van der Waals surface area contributed by atoms with Crippen molar-refractivity contribution in [2.75, 3.05) is 6.61 Å². The lowest BCUT2D eigenvalue weighted by Gasteiger charge is -2.22. The molecule has 78 valence electrons. The maximum Gasteiger partial charge on any atom is 0.407 e. The van der Waals surface area contributed by atoms with Crippen molar-refractivity contribution in [3.05, 3.63) is 0 Å². The number of nitrogens with one attached hydrogen (secondary N) is 1. The van der Waals surface area contributed by atoms with Crippen LogP contribution in [0.15, 0.2) is 0 Å². The van der Waals surface area contributed by atoms with Crippen LogP contribution in [0.4, 0.5) is 4.79 Å². The third kappa shape index (κ3) is 6.40. The first-order valence-corrected chi connectivity index (χ1v) is 4.49. The minimum absolute atomic E-state index is 0.0598. The first kappa shape index (κ1) is 12.2. The highest BCUT2D eigenvalue weighted by molar-refractivity contribution is 5.68. The van der Waals surface area contributed by atoms with Gasteiger partial charge in [-0.3, -0.25) is 0 Å². The number of rotatable bonds is 3. The molecule has 4 heteroatoms. The molecule has 0 unspecified atom stereocenters. The van der Waals surface area contributed by atoms with Crippen LogP contribution in [0, 0.1) is 0 Å². The van der Waals surface area contributed by atoms with Gasteiger partial charge in [-0.25, -0.2) is 4.79 Å². The van der Waals surface area contributed by atoms with Gasteiger partial charge in [-0.2, -0.15) is 0 Å². The summed E-state index contributed by atoms with van der Waals surface area (Å²) in [6.45, 7) is 7.22. The van der Waals surface area contributed by atoms with Crippen LogP contribution >= 0.6 is 0 Å². The lowest BCUT2D eigenvalue weighted by atomic mass is 10.2. The number of aliphatic hydroxyl groups is 1. The Morgan fingerprint density at radius 2 is 2.08 bits per heavy atom. The average molecular weight is 189 g/mol. The van der Waals surface area contributed by atoms with E-state index in [2.05, 4.69) is 5.32 Å². The molecular weight excluding hydrogens is 170 g/mol. The van der Waals surface area contributed by atoms with E-state index in [-0.39, 0.29) is 12.6 Å². The van der Waals surface area contributed by atoms with E-state index in [0.29, 0.717) is 6.42 Å². The minimum Gasteiger partial charge on any atom is -0.444 e. The number of carbonyl (C=O) groups excluding carboxylic acids is 1. The van der Waals surface area contributed by atoms with E-state index in [0.717, 1.165) is 0 Å². The van der Waals surface area contributed by atoms with E-state index in [9.17, 15) is 4.79 Å². The normalized spacial score (nSPS) is 13.6. The Bertz CT molecular complexity index is 159. The quantitative estimate of drug-likeness (QED) is 0.703. The number of carbonyl (C=O) groups is 1. The molecule has 0 aromatic carbocycles. The highest BCUT2D eigenvalue weighted by Crippen LogP contribution is 2.06. The molecule has 0 aromatic heterocycles. The van der Waals surface area contributed by atoms with Crippen LogP contribution < -0.4 is 5.32 Å². The van der Waals surface area contributed by atoms with Gasteiger partial charge < -0.3 is 15.2 Å². The van der Waals surface area contributed by atoms with E-state index in [1.54, 1.807) is 20.8 Å².